The summed E-state index contributed by atoms with van der Waals surface area (Å²) in [6, 6.07) is 6.91. The van der Waals surface area contributed by atoms with Crippen LogP contribution in [0.4, 0.5) is 17.1 Å². The summed E-state index contributed by atoms with van der Waals surface area (Å²) in [7, 11) is 0. The Morgan fingerprint density at radius 2 is 2.06 bits per heavy atom. The predicted octanol–water partition coefficient (Wildman–Crippen LogP) is 4.84. The van der Waals surface area contributed by atoms with E-state index in [0.29, 0.717) is 37.7 Å². The molecule has 2 heterocycles. The third kappa shape index (κ3) is 6.17. The first kappa shape index (κ1) is 24.3. The van der Waals surface area contributed by atoms with E-state index >= 15 is 0 Å². The number of hydrogen-bond donors (Lipinski definition) is 2. The summed E-state index contributed by atoms with van der Waals surface area (Å²) in [4.78, 5) is 22.5. The SMILES string of the molecule is CCC(CC(=O)O)c1ccc(N2CCOCC2C(C)C)c(Nc2cnc(OCC3CC3)nc2)c1. The Balaban J connectivity index is 1.62. The molecule has 1 aromatic carbocycles. The van der Waals surface area contributed by atoms with E-state index in [1.807, 2.05) is 6.92 Å². The highest BCUT2D eigenvalue weighted by Crippen LogP contribution is 2.37. The quantitative estimate of drug-likeness (QED) is 0.484. The van der Waals surface area contributed by atoms with Crippen molar-refractivity contribution in [3.63, 3.8) is 0 Å². The average molecular weight is 469 g/mol. The molecular formula is C26H36N4O4. The molecule has 2 fully saturated rings. The minimum absolute atomic E-state index is 0.0489. The number of aliphatic carboxylic acids is 1. The van der Waals surface area contributed by atoms with Crippen LogP contribution in [0.15, 0.2) is 30.6 Å². The van der Waals surface area contributed by atoms with E-state index in [9.17, 15) is 9.90 Å². The molecule has 1 aliphatic heterocycles. The highest BCUT2D eigenvalue weighted by atomic mass is 16.5. The van der Waals surface area contributed by atoms with E-state index in [0.717, 1.165) is 35.6 Å². The minimum atomic E-state index is -0.784. The molecule has 8 nitrogen and oxygen atoms in total. The van der Waals surface area contributed by atoms with Gasteiger partial charge in [-0.15, -0.1) is 0 Å². The molecule has 1 saturated heterocycles. The standard InChI is InChI=1S/C26H36N4O4/c1-4-19(12-25(31)32)20-7-8-23(30-9-10-33-16-24(30)17(2)3)22(11-20)29-21-13-27-26(28-14-21)34-15-18-5-6-18/h7-8,11,13-14,17-19,24,29H,4-6,9-10,12,15-16H2,1-3H3,(H,31,32). The van der Waals surface area contributed by atoms with Gasteiger partial charge in [0.1, 0.15) is 0 Å². The van der Waals surface area contributed by atoms with E-state index in [-0.39, 0.29) is 18.4 Å². The largest absolute Gasteiger partial charge is 0.481 e. The Bertz CT molecular complexity index is 962. The van der Waals surface area contributed by atoms with Crippen molar-refractivity contribution in [2.45, 2.75) is 58.4 Å². The van der Waals surface area contributed by atoms with Gasteiger partial charge in [0, 0.05) is 6.54 Å². The number of carboxylic acids is 1. The molecule has 34 heavy (non-hydrogen) atoms. The second-order valence-corrected chi connectivity index (χ2v) is 9.69. The zero-order valence-electron chi connectivity index (χ0n) is 20.4. The molecule has 2 aromatic rings. The number of anilines is 3. The van der Waals surface area contributed by atoms with Gasteiger partial charge < -0.3 is 24.8 Å². The molecule has 0 spiro atoms. The van der Waals surface area contributed by atoms with Crippen molar-refractivity contribution in [1.82, 2.24) is 9.97 Å². The predicted molar refractivity (Wildman–Crippen MR) is 132 cm³/mol. The van der Waals surface area contributed by atoms with Crippen LogP contribution in [0, 0.1) is 11.8 Å². The molecule has 8 heteroatoms. The van der Waals surface area contributed by atoms with Crippen molar-refractivity contribution >= 4 is 23.0 Å². The minimum Gasteiger partial charge on any atom is -0.481 e. The van der Waals surface area contributed by atoms with Gasteiger partial charge in [-0.05, 0) is 54.7 Å². The van der Waals surface area contributed by atoms with Crippen molar-refractivity contribution in [3.8, 4) is 6.01 Å². The maximum Gasteiger partial charge on any atom is 0.316 e. The summed E-state index contributed by atoms with van der Waals surface area (Å²) >= 11 is 0. The van der Waals surface area contributed by atoms with E-state index in [4.69, 9.17) is 9.47 Å². The average Bonchev–Trinajstić information content (AvgIpc) is 3.66. The van der Waals surface area contributed by atoms with Crippen LogP contribution >= 0.6 is 0 Å². The summed E-state index contributed by atoms with van der Waals surface area (Å²) in [6.07, 6.45) is 6.78. The first-order valence-corrected chi connectivity index (χ1v) is 12.4. The molecule has 1 saturated carbocycles. The fourth-order valence-electron chi connectivity index (χ4n) is 4.43. The fraction of sp³-hybridized carbons (Fsp3) is 0.577. The third-order valence-corrected chi connectivity index (χ3v) is 6.70. The number of nitrogens with zero attached hydrogens (tertiary/aromatic N) is 3. The topological polar surface area (TPSA) is 96.8 Å². The number of benzene rings is 1. The second-order valence-electron chi connectivity index (χ2n) is 9.69. The third-order valence-electron chi connectivity index (χ3n) is 6.70. The number of nitrogens with one attached hydrogen (secondary N) is 1. The normalized spacial score (nSPS) is 19.2. The van der Waals surface area contributed by atoms with E-state index < -0.39 is 5.97 Å². The summed E-state index contributed by atoms with van der Waals surface area (Å²) in [5.41, 5.74) is 3.77. The van der Waals surface area contributed by atoms with Gasteiger partial charge in [0.15, 0.2) is 0 Å². The maximum absolute atomic E-state index is 11.4. The van der Waals surface area contributed by atoms with Crippen LogP contribution in [0.3, 0.4) is 0 Å². The Morgan fingerprint density at radius 1 is 1.29 bits per heavy atom. The Kier molecular flexibility index (Phi) is 7.88. The Hall–Kier alpha value is -2.87. The molecule has 1 aromatic heterocycles. The molecule has 2 atom stereocenters. The van der Waals surface area contributed by atoms with Crippen molar-refractivity contribution < 1.29 is 19.4 Å². The lowest BCUT2D eigenvalue weighted by Crippen LogP contribution is -2.48. The molecule has 4 rings (SSSR count). The summed E-state index contributed by atoms with van der Waals surface area (Å²) in [5, 5.41) is 12.9. The van der Waals surface area contributed by atoms with Crippen molar-refractivity contribution in [3.05, 3.63) is 36.2 Å². The fourth-order valence-corrected chi connectivity index (χ4v) is 4.43. The van der Waals surface area contributed by atoms with Crippen LogP contribution in [0.5, 0.6) is 6.01 Å². The van der Waals surface area contributed by atoms with Crippen molar-refractivity contribution in [1.29, 1.82) is 0 Å². The first-order valence-electron chi connectivity index (χ1n) is 12.4. The molecule has 184 valence electrons. The molecule has 2 N–H and O–H groups in total. The molecule has 0 radical (unpaired) electrons. The number of rotatable bonds is 11. The zero-order chi connectivity index (χ0) is 24.1. The Labute approximate surface area is 201 Å². The van der Waals surface area contributed by atoms with Crippen molar-refractivity contribution in [2.24, 2.45) is 11.8 Å². The van der Waals surface area contributed by atoms with E-state index in [2.05, 4.69) is 52.2 Å². The van der Waals surface area contributed by atoms with Gasteiger partial charge in [0.25, 0.3) is 0 Å². The van der Waals surface area contributed by atoms with E-state index in [1.165, 1.54) is 12.8 Å². The van der Waals surface area contributed by atoms with Crippen molar-refractivity contribution in [2.75, 3.05) is 36.6 Å². The number of hydrogen-bond acceptors (Lipinski definition) is 7. The van der Waals surface area contributed by atoms with Crippen LogP contribution in [0.2, 0.25) is 0 Å². The second kappa shape index (κ2) is 11.0. The molecule has 0 amide bonds. The van der Waals surface area contributed by atoms with Crippen LogP contribution < -0.4 is 15.0 Å². The number of ether oxygens (including phenoxy) is 2. The zero-order valence-corrected chi connectivity index (χ0v) is 20.4. The van der Waals surface area contributed by atoms with Crippen LogP contribution in [-0.4, -0.2) is 53.5 Å². The molecule has 0 bridgehead atoms. The number of morpholine rings is 1. The first-order chi connectivity index (χ1) is 16.4. The van der Waals surface area contributed by atoms with Crippen LogP contribution in [0.25, 0.3) is 0 Å². The highest BCUT2D eigenvalue weighted by Gasteiger charge is 2.28. The lowest BCUT2D eigenvalue weighted by molar-refractivity contribution is -0.137. The van der Waals surface area contributed by atoms with Gasteiger partial charge in [0.2, 0.25) is 0 Å². The maximum atomic E-state index is 11.4. The monoisotopic (exact) mass is 468 g/mol. The summed E-state index contributed by atoms with van der Waals surface area (Å²) < 4.78 is 11.4. The van der Waals surface area contributed by atoms with Gasteiger partial charge in [-0.1, -0.05) is 26.8 Å². The van der Waals surface area contributed by atoms with Gasteiger partial charge >= 0.3 is 12.0 Å². The molecule has 1 aliphatic carbocycles. The molecule has 2 aliphatic rings. The number of aromatic nitrogens is 2. The van der Waals surface area contributed by atoms with Gasteiger partial charge in [-0.25, -0.2) is 9.97 Å². The van der Waals surface area contributed by atoms with Gasteiger partial charge in [-0.3, -0.25) is 4.79 Å². The summed E-state index contributed by atoms with van der Waals surface area (Å²) in [5.74, 6) is 0.238. The highest BCUT2D eigenvalue weighted by molar-refractivity contribution is 5.77. The summed E-state index contributed by atoms with van der Waals surface area (Å²) in [6.45, 7) is 9.29. The molecular weight excluding hydrogens is 432 g/mol. The number of carbonyl (C=O) groups is 1. The van der Waals surface area contributed by atoms with Gasteiger partial charge in [-0.2, -0.15) is 0 Å². The van der Waals surface area contributed by atoms with Crippen LogP contribution in [-0.2, 0) is 9.53 Å². The molecule has 2 unspecified atom stereocenters. The number of carboxylic acid groups (broad SMARTS) is 1. The Morgan fingerprint density at radius 3 is 2.71 bits per heavy atom. The van der Waals surface area contributed by atoms with Gasteiger partial charge in [0.05, 0.1) is 61.7 Å². The van der Waals surface area contributed by atoms with E-state index in [1.54, 1.807) is 12.4 Å². The lowest BCUT2D eigenvalue weighted by atomic mass is 9.92. The smallest absolute Gasteiger partial charge is 0.316 e. The van der Waals surface area contributed by atoms with Crippen LogP contribution in [0.1, 0.15) is 57.9 Å². The lowest BCUT2D eigenvalue weighted by Gasteiger charge is -2.40.